The van der Waals surface area contributed by atoms with Gasteiger partial charge >= 0.3 is 0 Å². The van der Waals surface area contributed by atoms with Gasteiger partial charge in [0.1, 0.15) is 6.10 Å². The predicted octanol–water partition coefficient (Wildman–Crippen LogP) is 1.98. The van der Waals surface area contributed by atoms with Crippen molar-refractivity contribution in [3.63, 3.8) is 0 Å². The van der Waals surface area contributed by atoms with Crippen molar-refractivity contribution in [2.24, 2.45) is 0 Å². The second-order valence-corrected chi connectivity index (χ2v) is 5.44. The van der Waals surface area contributed by atoms with Gasteiger partial charge in [-0.3, -0.25) is 15.2 Å². The fourth-order valence-corrected chi connectivity index (χ4v) is 2.32. The lowest BCUT2D eigenvalue weighted by Crippen LogP contribution is -2.32. The van der Waals surface area contributed by atoms with E-state index in [4.69, 9.17) is 13.9 Å². The van der Waals surface area contributed by atoms with E-state index in [1.165, 1.54) is 0 Å². The van der Waals surface area contributed by atoms with Gasteiger partial charge in [0, 0.05) is 6.61 Å². The third-order valence-corrected chi connectivity index (χ3v) is 3.65. The molecule has 124 valence electrons. The van der Waals surface area contributed by atoms with E-state index in [0.29, 0.717) is 18.2 Å². The molecule has 0 spiro atoms. The van der Waals surface area contributed by atoms with E-state index in [1.54, 1.807) is 25.3 Å². The summed E-state index contributed by atoms with van der Waals surface area (Å²) < 4.78 is 16.4. The molecule has 2 aromatic rings. The molecule has 1 aliphatic heterocycles. The Morgan fingerprint density at radius 1 is 1.57 bits per heavy atom. The van der Waals surface area contributed by atoms with E-state index in [9.17, 15) is 4.79 Å². The van der Waals surface area contributed by atoms with Gasteiger partial charge in [0.25, 0.3) is 5.91 Å². The molecule has 0 aromatic carbocycles. The van der Waals surface area contributed by atoms with Crippen molar-refractivity contribution >= 4 is 11.9 Å². The first-order valence-electron chi connectivity index (χ1n) is 7.72. The van der Waals surface area contributed by atoms with Crippen molar-refractivity contribution in [1.29, 1.82) is 0 Å². The van der Waals surface area contributed by atoms with Crippen molar-refractivity contribution in [3.05, 3.63) is 18.4 Å². The molecule has 23 heavy (non-hydrogen) atoms. The van der Waals surface area contributed by atoms with Crippen LogP contribution in [0.3, 0.4) is 0 Å². The summed E-state index contributed by atoms with van der Waals surface area (Å²) in [4.78, 5) is 16.2. The van der Waals surface area contributed by atoms with E-state index in [1.807, 2.05) is 0 Å². The molecule has 0 bridgehead atoms. The number of carbonyl (C=O) groups excluding carboxylic acids is 1. The van der Waals surface area contributed by atoms with Crippen LogP contribution in [-0.4, -0.2) is 46.5 Å². The molecule has 1 amide bonds. The number of amides is 1. The zero-order valence-electron chi connectivity index (χ0n) is 12.9. The molecule has 2 aromatic heterocycles. The Balaban J connectivity index is 1.48. The summed E-state index contributed by atoms with van der Waals surface area (Å²) in [5.74, 6) is 0.891. The quantitative estimate of drug-likeness (QED) is 0.843. The Morgan fingerprint density at radius 2 is 2.48 bits per heavy atom. The number of nitrogens with zero attached hydrogens (tertiary/aromatic N) is 2. The minimum atomic E-state index is -0.605. The number of ether oxygens (including phenoxy) is 2. The minimum absolute atomic E-state index is 0.0769. The number of hydrogen-bond acceptors (Lipinski definition) is 6. The van der Waals surface area contributed by atoms with E-state index in [-0.39, 0.29) is 18.0 Å². The largest absolute Gasteiger partial charge is 0.461 e. The number of aromatic nitrogens is 3. The zero-order valence-corrected chi connectivity index (χ0v) is 12.9. The van der Waals surface area contributed by atoms with Crippen molar-refractivity contribution in [3.8, 4) is 11.6 Å². The highest BCUT2D eigenvalue weighted by Gasteiger charge is 2.20. The van der Waals surface area contributed by atoms with Gasteiger partial charge < -0.3 is 13.9 Å². The molecule has 8 heteroatoms. The molecule has 3 rings (SSSR count). The van der Waals surface area contributed by atoms with Gasteiger partial charge in [-0.15, -0.1) is 5.10 Å². The molecule has 1 aliphatic rings. The van der Waals surface area contributed by atoms with Gasteiger partial charge in [0.15, 0.2) is 11.6 Å². The van der Waals surface area contributed by atoms with Crippen molar-refractivity contribution in [1.82, 2.24) is 15.2 Å². The lowest BCUT2D eigenvalue weighted by molar-refractivity contribution is -0.130. The monoisotopic (exact) mass is 320 g/mol. The highest BCUT2D eigenvalue weighted by atomic mass is 16.5. The Bertz CT molecular complexity index is 619. The molecule has 8 nitrogen and oxygen atoms in total. The number of anilines is 1. The smallest absolute Gasteiger partial charge is 0.255 e. The standard InChI is InChI=1S/C15H20N4O4/c1-10(23-9-11-5-2-3-7-21-11)14(20)17-15-16-13(18-19-15)12-6-4-8-22-12/h4,6,8,10-11H,2-3,5,7,9H2,1H3,(H2,16,17,18,19,20). The van der Waals surface area contributed by atoms with Crippen molar-refractivity contribution in [2.45, 2.75) is 38.4 Å². The molecule has 3 heterocycles. The van der Waals surface area contributed by atoms with Crippen LogP contribution in [0.25, 0.3) is 11.6 Å². The van der Waals surface area contributed by atoms with Gasteiger partial charge in [0.05, 0.1) is 19.0 Å². The van der Waals surface area contributed by atoms with Crippen LogP contribution in [0.1, 0.15) is 26.2 Å². The Hall–Kier alpha value is -2.19. The molecule has 1 saturated heterocycles. The molecular formula is C15H20N4O4. The first-order valence-corrected chi connectivity index (χ1v) is 7.72. The molecule has 2 N–H and O–H groups in total. The van der Waals surface area contributed by atoms with Crippen LogP contribution in [0.2, 0.25) is 0 Å². The summed E-state index contributed by atoms with van der Waals surface area (Å²) in [6.07, 6.45) is 4.22. The molecule has 0 radical (unpaired) electrons. The van der Waals surface area contributed by atoms with Crippen LogP contribution in [0.5, 0.6) is 0 Å². The second kappa shape index (κ2) is 7.38. The minimum Gasteiger partial charge on any atom is -0.461 e. The third kappa shape index (κ3) is 4.17. The molecule has 1 fully saturated rings. The fraction of sp³-hybridized carbons (Fsp3) is 0.533. The van der Waals surface area contributed by atoms with E-state index >= 15 is 0 Å². The number of rotatable bonds is 6. The first kappa shape index (κ1) is 15.7. The van der Waals surface area contributed by atoms with Gasteiger partial charge in [0.2, 0.25) is 5.95 Å². The average molecular weight is 320 g/mol. The Kier molecular flexibility index (Phi) is 5.04. The highest BCUT2D eigenvalue weighted by molar-refractivity contribution is 5.92. The molecule has 2 unspecified atom stereocenters. The molecular weight excluding hydrogens is 300 g/mol. The maximum absolute atomic E-state index is 12.1. The number of furan rings is 1. The van der Waals surface area contributed by atoms with Crippen LogP contribution in [0.4, 0.5) is 5.95 Å². The van der Waals surface area contributed by atoms with Crippen molar-refractivity contribution < 1.29 is 18.7 Å². The topological polar surface area (TPSA) is 102 Å². The SMILES string of the molecule is CC(OCC1CCCCO1)C(=O)Nc1n[nH]c(-c2ccco2)n1. The van der Waals surface area contributed by atoms with Gasteiger partial charge in [-0.25, -0.2) is 0 Å². The number of carbonyl (C=O) groups is 1. The summed E-state index contributed by atoms with van der Waals surface area (Å²) in [7, 11) is 0. The van der Waals surface area contributed by atoms with E-state index in [2.05, 4.69) is 20.5 Å². The summed E-state index contributed by atoms with van der Waals surface area (Å²) in [5.41, 5.74) is 0. The molecule has 2 atom stereocenters. The van der Waals surface area contributed by atoms with Gasteiger partial charge in [-0.1, -0.05) is 0 Å². The summed E-state index contributed by atoms with van der Waals surface area (Å²) in [6.45, 7) is 2.87. The van der Waals surface area contributed by atoms with Crippen molar-refractivity contribution in [2.75, 3.05) is 18.5 Å². The van der Waals surface area contributed by atoms with Gasteiger partial charge in [-0.05, 0) is 38.3 Å². The number of nitrogens with one attached hydrogen (secondary N) is 2. The van der Waals surface area contributed by atoms with Crippen LogP contribution in [0.15, 0.2) is 22.8 Å². The third-order valence-electron chi connectivity index (χ3n) is 3.65. The summed E-state index contributed by atoms with van der Waals surface area (Å²) >= 11 is 0. The summed E-state index contributed by atoms with van der Waals surface area (Å²) in [6, 6.07) is 3.50. The normalized spacial score (nSPS) is 19.4. The van der Waals surface area contributed by atoms with Crippen LogP contribution in [-0.2, 0) is 14.3 Å². The maximum Gasteiger partial charge on any atom is 0.255 e. The van der Waals surface area contributed by atoms with Crippen LogP contribution >= 0.6 is 0 Å². The highest BCUT2D eigenvalue weighted by Crippen LogP contribution is 2.16. The number of aromatic amines is 1. The first-order chi connectivity index (χ1) is 11.2. The second-order valence-electron chi connectivity index (χ2n) is 5.44. The molecule has 0 aliphatic carbocycles. The van der Waals surface area contributed by atoms with E-state index in [0.717, 1.165) is 25.9 Å². The number of hydrogen-bond donors (Lipinski definition) is 2. The van der Waals surface area contributed by atoms with Gasteiger partial charge in [-0.2, -0.15) is 4.98 Å². The Labute approximate surface area is 133 Å². The fourth-order valence-electron chi connectivity index (χ4n) is 2.32. The lowest BCUT2D eigenvalue weighted by atomic mass is 10.1. The van der Waals surface area contributed by atoms with Crippen LogP contribution in [0, 0.1) is 0 Å². The Morgan fingerprint density at radius 3 is 3.22 bits per heavy atom. The zero-order chi connectivity index (χ0) is 16.1. The maximum atomic E-state index is 12.1. The number of H-pyrrole nitrogens is 1. The summed E-state index contributed by atoms with van der Waals surface area (Å²) in [5, 5.41) is 9.25. The average Bonchev–Trinajstić information content (AvgIpc) is 3.24. The lowest BCUT2D eigenvalue weighted by Gasteiger charge is -2.23. The van der Waals surface area contributed by atoms with E-state index < -0.39 is 6.10 Å². The predicted molar refractivity (Wildman–Crippen MR) is 81.7 cm³/mol. The van der Waals surface area contributed by atoms with Crippen LogP contribution < -0.4 is 5.32 Å². The molecule has 0 saturated carbocycles.